The summed E-state index contributed by atoms with van der Waals surface area (Å²) in [6.45, 7) is 0. The lowest BCUT2D eigenvalue weighted by Gasteiger charge is -2.06. The number of hydrogen-bond donors (Lipinski definition) is 3. The molecule has 16 heavy (non-hydrogen) atoms. The number of rotatable bonds is 2. The third kappa shape index (κ3) is 1.88. The van der Waals surface area contributed by atoms with E-state index in [2.05, 4.69) is 0 Å². The molecule has 0 unspecified atom stereocenters. The van der Waals surface area contributed by atoms with E-state index in [1.807, 2.05) is 18.2 Å². The standard InChI is InChI=1S/C13H11NO2/c14-13(9-4-2-1-3-5-9)11-7-6-10(15)8-12(11)16/h1-8,14-16H. The van der Waals surface area contributed by atoms with Gasteiger partial charge in [0.05, 0.1) is 5.71 Å². The third-order valence-electron chi connectivity index (χ3n) is 2.31. The summed E-state index contributed by atoms with van der Waals surface area (Å²) < 4.78 is 0. The maximum absolute atomic E-state index is 9.62. The van der Waals surface area contributed by atoms with Crippen molar-refractivity contribution in [2.75, 3.05) is 0 Å². The lowest BCUT2D eigenvalue weighted by molar-refractivity contribution is 0.450. The van der Waals surface area contributed by atoms with Gasteiger partial charge in [-0.2, -0.15) is 0 Å². The van der Waals surface area contributed by atoms with Crippen molar-refractivity contribution in [3.63, 3.8) is 0 Å². The van der Waals surface area contributed by atoms with E-state index in [0.29, 0.717) is 5.56 Å². The Balaban J connectivity index is 2.42. The summed E-state index contributed by atoms with van der Waals surface area (Å²) in [4.78, 5) is 0. The molecular weight excluding hydrogens is 202 g/mol. The molecule has 0 spiro atoms. The quantitative estimate of drug-likeness (QED) is 0.671. The van der Waals surface area contributed by atoms with E-state index < -0.39 is 0 Å². The molecular formula is C13H11NO2. The van der Waals surface area contributed by atoms with Crippen LogP contribution in [0.15, 0.2) is 48.5 Å². The van der Waals surface area contributed by atoms with Crippen molar-refractivity contribution < 1.29 is 10.2 Å². The average molecular weight is 213 g/mol. The zero-order valence-electron chi connectivity index (χ0n) is 8.51. The van der Waals surface area contributed by atoms with Crippen LogP contribution in [-0.4, -0.2) is 15.9 Å². The first-order valence-corrected chi connectivity index (χ1v) is 4.85. The Kier molecular flexibility index (Phi) is 2.60. The third-order valence-corrected chi connectivity index (χ3v) is 2.31. The molecule has 2 aromatic rings. The normalized spacial score (nSPS) is 10.0. The summed E-state index contributed by atoms with van der Waals surface area (Å²) >= 11 is 0. The molecule has 3 N–H and O–H groups in total. The highest BCUT2D eigenvalue weighted by Crippen LogP contribution is 2.24. The monoisotopic (exact) mass is 213 g/mol. The number of phenolic OH excluding ortho intramolecular Hbond substituents is 2. The van der Waals surface area contributed by atoms with E-state index in [1.165, 1.54) is 18.2 Å². The molecule has 3 heteroatoms. The van der Waals surface area contributed by atoms with Crippen LogP contribution in [0.2, 0.25) is 0 Å². The zero-order valence-corrected chi connectivity index (χ0v) is 8.51. The van der Waals surface area contributed by atoms with Crippen molar-refractivity contribution in [2.45, 2.75) is 0 Å². The lowest BCUT2D eigenvalue weighted by Crippen LogP contribution is -2.00. The first-order chi connectivity index (χ1) is 7.68. The van der Waals surface area contributed by atoms with Crippen molar-refractivity contribution in [1.82, 2.24) is 0 Å². The molecule has 0 heterocycles. The topological polar surface area (TPSA) is 64.3 Å². The van der Waals surface area contributed by atoms with Gasteiger partial charge in [-0.1, -0.05) is 30.3 Å². The molecule has 0 fully saturated rings. The molecule has 0 aliphatic carbocycles. The molecule has 80 valence electrons. The molecule has 0 aromatic heterocycles. The van der Waals surface area contributed by atoms with Gasteiger partial charge in [0.2, 0.25) is 0 Å². The molecule has 0 atom stereocenters. The van der Waals surface area contributed by atoms with Crippen molar-refractivity contribution >= 4 is 5.71 Å². The van der Waals surface area contributed by atoms with E-state index in [4.69, 9.17) is 10.5 Å². The molecule has 2 rings (SSSR count). The summed E-state index contributed by atoms with van der Waals surface area (Å²) in [5.74, 6) is -0.101. The van der Waals surface area contributed by atoms with Gasteiger partial charge in [-0.05, 0) is 12.1 Å². The Bertz CT molecular complexity index is 521. The van der Waals surface area contributed by atoms with E-state index in [9.17, 15) is 5.11 Å². The molecule has 0 saturated heterocycles. The fourth-order valence-electron chi connectivity index (χ4n) is 1.49. The largest absolute Gasteiger partial charge is 0.508 e. The van der Waals surface area contributed by atoms with Gasteiger partial charge in [0.15, 0.2) is 0 Å². The van der Waals surface area contributed by atoms with Crippen molar-refractivity contribution in [2.24, 2.45) is 0 Å². The first-order valence-electron chi connectivity index (χ1n) is 4.85. The van der Waals surface area contributed by atoms with Crippen molar-refractivity contribution in [3.8, 4) is 11.5 Å². The summed E-state index contributed by atoms with van der Waals surface area (Å²) in [5, 5.41) is 26.7. The van der Waals surface area contributed by atoms with E-state index >= 15 is 0 Å². The van der Waals surface area contributed by atoms with Gasteiger partial charge in [-0.15, -0.1) is 0 Å². The van der Waals surface area contributed by atoms with Gasteiger partial charge in [0.1, 0.15) is 11.5 Å². The van der Waals surface area contributed by atoms with Gasteiger partial charge < -0.3 is 10.2 Å². The number of phenols is 2. The van der Waals surface area contributed by atoms with Crippen LogP contribution in [0, 0.1) is 5.41 Å². The SMILES string of the molecule is N=C(c1ccccc1)c1ccc(O)cc1O. The van der Waals surface area contributed by atoms with Gasteiger partial charge >= 0.3 is 0 Å². The Hall–Kier alpha value is -2.29. The molecule has 0 saturated carbocycles. The molecule has 0 amide bonds. The van der Waals surface area contributed by atoms with Crippen LogP contribution in [0.4, 0.5) is 0 Å². The Morgan fingerprint density at radius 3 is 2.25 bits per heavy atom. The van der Waals surface area contributed by atoms with E-state index in [1.54, 1.807) is 12.1 Å². The van der Waals surface area contributed by atoms with Crippen LogP contribution in [0.3, 0.4) is 0 Å². The maximum atomic E-state index is 9.62. The van der Waals surface area contributed by atoms with E-state index in [0.717, 1.165) is 5.56 Å². The molecule has 0 aliphatic heterocycles. The van der Waals surface area contributed by atoms with Gasteiger partial charge in [-0.3, -0.25) is 5.41 Å². The molecule has 0 bridgehead atoms. The van der Waals surface area contributed by atoms with Gasteiger partial charge in [-0.25, -0.2) is 0 Å². The van der Waals surface area contributed by atoms with Gasteiger partial charge in [0.25, 0.3) is 0 Å². The molecule has 0 aliphatic rings. The van der Waals surface area contributed by atoms with Crippen molar-refractivity contribution in [1.29, 1.82) is 5.41 Å². The molecule has 3 nitrogen and oxygen atoms in total. The summed E-state index contributed by atoms with van der Waals surface area (Å²) in [7, 11) is 0. The van der Waals surface area contributed by atoms with Crippen LogP contribution < -0.4 is 0 Å². The van der Waals surface area contributed by atoms with E-state index in [-0.39, 0.29) is 17.2 Å². The Labute approximate surface area is 93.1 Å². The second kappa shape index (κ2) is 4.06. The minimum Gasteiger partial charge on any atom is -0.508 e. The Morgan fingerprint density at radius 1 is 0.938 bits per heavy atom. The van der Waals surface area contributed by atoms with Crippen molar-refractivity contribution in [3.05, 3.63) is 59.7 Å². The number of benzene rings is 2. The van der Waals surface area contributed by atoms with Crippen LogP contribution in [0.5, 0.6) is 11.5 Å². The fraction of sp³-hybridized carbons (Fsp3) is 0. The fourth-order valence-corrected chi connectivity index (χ4v) is 1.49. The molecule has 0 radical (unpaired) electrons. The summed E-state index contributed by atoms with van der Waals surface area (Å²) in [6.07, 6.45) is 0. The highest BCUT2D eigenvalue weighted by atomic mass is 16.3. The highest BCUT2D eigenvalue weighted by Gasteiger charge is 2.09. The second-order valence-electron chi connectivity index (χ2n) is 3.44. The maximum Gasteiger partial charge on any atom is 0.128 e. The minimum atomic E-state index is -0.0890. The average Bonchev–Trinajstić information content (AvgIpc) is 2.29. The smallest absolute Gasteiger partial charge is 0.128 e. The first kappa shape index (κ1) is 10.2. The number of aromatic hydroxyl groups is 2. The van der Waals surface area contributed by atoms with Crippen LogP contribution in [0.1, 0.15) is 11.1 Å². The number of hydrogen-bond acceptors (Lipinski definition) is 3. The predicted octanol–water partition coefficient (Wildman–Crippen LogP) is 2.51. The predicted molar refractivity (Wildman–Crippen MR) is 62.1 cm³/mol. The van der Waals surface area contributed by atoms with Gasteiger partial charge in [0, 0.05) is 17.2 Å². The number of nitrogens with one attached hydrogen (secondary N) is 1. The van der Waals surface area contributed by atoms with Crippen LogP contribution >= 0.6 is 0 Å². The second-order valence-corrected chi connectivity index (χ2v) is 3.44. The lowest BCUT2D eigenvalue weighted by atomic mass is 10.0. The summed E-state index contributed by atoms with van der Waals surface area (Å²) in [6, 6.07) is 13.3. The minimum absolute atomic E-state index is 0.0119. The Morgan fingerprint density at radius 2 is 1.62 bits per heavy atom. The van der Waals surface area contributed by atoms with Crippen LogP contribution in [0.25, 0.3) is 0 Å². The summed E-state index contributed by atoms with van der Waals surface area (Å²) in [5.41, 5.74) is 1.37. The zero-order chi connectivity index (χ0) is 11.5. The highest BCUT2D eigenvalue weighted by molar-refractivity contribution is 6.12. The van der Waals surface area contributed by atoms with Crippen LogP contribution in [-0.2, 0) is 0 Å². The molecule has 2 aromatic carbocycles.